The average Bonchev–Trinajstić information content (AvgIpc) is 2.96. The van der Waals surface area contributed by atoms with Crippen LogP contribution in [0.4, 0.5) is 0 Å². The topological polar surface area (TPSA) is 0 Å². The van der Waals surface area contributed by atoms with Gasteiger partial charge in [-0.05, 0) is 33.1 Å². The molecular formula is C19H30Cl4N2+2. The standard InChI is InChI=1S/C19H30Cl4N2/c1-5-24(3,6-2)10-8-7-9-11-25(4)12-14-15(13-25)17(21)19(23)18(22)16(14)20/h5-13H2,1-4H3/q+2. The Labute approximate surface area is 172 Å². The molecule has 0 aromatic heterocycles. The maximum Gasteiger partial charge on any atom is 0.106 e. The van der Waals surface area contributed by atoms with E-state index < -0.39 is 0 Å². The first-order chi connectivity index (χ1) is 11.7. The number of fused-ring (bicyclic) bond motifs is 1. The molecule has 1 aliphatic heterocycles. The van der Waals surface area contributed by atoms with Crippen molar-refractivity contribution >= 4 is 46.4 Å². The van der Waals surface area contributed by atoms with Crippen molar-refractivity contribution in [3.8, 4) is 0 Å². The van der Waals surface area contributed by atoms with Crippen LogP contribution in [0.25, 0.3) is 0 Å². The molecule has 1 aromatic carbocycles. The Kier molecular flexibility index (Phi) is 7.38. The lowest BCUT2D eigenvalue weighted by Gasteiger charge is -2.32. The molecule has 0 bridgehead atoms. The van der Waals surface area contributed by atoms with Crippen molar-refractivity contribution in [2.24, 2.45) is 0 Å². The number of nitrogens with zero attached hydrogens (tertiary/aromatic N) is 2. The van der Waals surface area contributed by atoms with Crippen molar-refractivity contribution in [3.05, 3.63) is 31.2 Å². The Morgan fingerprint density at radius 3 is 1.72 bits per heavy atom. The van der Waals surface area contributed by atoms with Gasteiger partial charge in [0.25, 0.3) is 0 Å². The van der Waals surface area contributed by atoms with Gasteiger partial charge in [0.15, 0.2) is 0 Å². The van der Waals surface area contributed by atoms with Gasteiger partial charge in [-0.3, -0.25) is 0 Å². The number of hydrogen-bond acceptors (Lipinski definition) is 0. The summed E-state index contributed by atoms with van der Waals surface area (Å²) in [6.45, 7) is 11.1. The molecule has 0 aliphatic carbocycles. The zero-order valence-electron chi connectivity index (χ0n) is 15.8. The summed E-state index contributed by atoms with van der Waals surface area (Å²) in [6, 6.07) is 0. The van der Waals surface area contributed by atoms with Crippen LogP contribution in [0.1, 0.15) is 44.2 Å². The first-order valence-electron chi connectivity index (χ1n) is 9.17. The number of halogens is 4. The van der Waals surface area contributed by atoms with E-state index in [0.29, 0.717) is 20.1 Å². The van der Waals surface area contributed by atoms with Crippen molar-refractivity contribution in [2.45, 2.75) is 46.2 Å². The van der Waals surface area contributed by atoms with E-state index >= 15 is 0 Å². The summed E-state index contributed by atoms with van der Waals surface area (Å²) in [4.78, 5) is 0. The van der Waals surface area contributed by atoms with Gasteiger partial charge in [-0.25, -0.2) is 0 Å². The van der Waals surface area contributed by atoms with Crippen molar-refractivity contribution in [1.82, 2.24) is 0 Å². The van der Waals surface area contributed by atoms with Crippen LogP contribution in [0, 0.1) is 0 Å². The Bertz CT molecular complexity index is 590. The maximum absolute atomic E-state index is 6.42. The van der Waals surface area contributed by atoms with Crippen LogP contribution in [0.15, 0.2) is 0 Å². The fourth-order valence-electron chi connectivity index (χ4n) is 3.73. The third kappa shape index (κ3) is 4.78. The van der Waals surface area contributed by atoms with Gasteiger partial charge in [-0.2, -0.15) is 0 Å². The number of benzene rings is 1. The van der Waals surface area contributed by atoms with Gasteiger partial charge < -0.3 is 8.97 Å². The Morgan fingerprint density at radius 2 is 1.28 bits per heavy atom. The van der Waals surface area contributed by atoms with E-state index in [1.807, 2.05) is 0 Å². The fourth-order valence-corrected chi connectivity index (χ4v) is 4.78. The lowest BCUT2D eigenvalue weighted by Crippen LogP contribution is -2.44. The maximum atomic E-state index is 6.42. The predicted octanol–water partition coefficient (Wildman–Crippen LogP) is 6.42. The van der Waals surface area contributed by atoms with Gasteiger partial charge in [0.1, 0.15) is 13.1 Å². The Morgan fingerprint density at radius 1 is 0.800 bits per heavy atom. The summed E-state index contributed by atoms with van der Waals surface area (Å²) in [5, 5.41) is 1.92. The summed E-state index contributed by atoms with van der Waals surface area (Å²) < 4.78 is 2.10. The lowest BCUT2D eigenvalue weighted by molar-refractivity contribution is -0.929. The summed E-state index contributed by atoms with van der Waals surface area (Å²) in [5.74, 6) is 0. The molecule has 2 rings (SSSR count). The summed E-state index contributed by atoms with van der Waals surface area (Å²) in [7, 11) is 4.62. The van der Waals surface area contributed by atoms with Gasteiger partial charge in [-0.15, -0.1) is 0 Å². The molecule has 0 amide bonds. The van der Waals surface area contributed by atoms with Crippen molar-refractivity contribution in [3.63, 3.8) is 0 Å². The van der Waals surface area contributed by atoms with E-state index in [0.717, 1.165) is 35.2 Å². The smallest absolute Gasteiger partial charge is 0.106 e. The van der Waals surface area contributed by atoms with Gasteiger partial charge in [0, 0.05) is 11.1 Å². The first kappa shape index (κ1) is 21.6. The number of hydrogen-bond donors (Lipinski definition) is 0. The third-order valence-corrected chi connectivity index (χ3v) is 7.86. The molecule has 25 heavy (non-hydrogen) atoms. The van der Waals surface area contributed by atoms with Crippen LogP contribution in [-0.4, -0.2) is 49.2 Å². The van der Waals surface area contributed by atoms with E-state index in [-0.39, 0.29) is 0 Å². The zero-order chi connectivity index (χ0) is 18.8. The molecule has 1 aromatic rings. The Balaban J connectivity index is 1.92. The molecular weight excluding hydrogens is 398 g/mol. The van der Waals surface area contributed by atoms with Crippen LogP contribution >= 0.6 is 46.4 Å². The van der Waals surface area contributed by atoms with Crippen LogP contribution in [0.5, 0.6) is 0 Å². The van der Waals surface area contributed by atoms with E-state index in [2.05, 4.69) is 27.9 Å². The SMILES string of the molecule is CC[N+](C)(CC)CCCCC[N+]1(C)Cc2c(Cl)c(Cl)c(Cl)c(Cl)c2C1. The quantitative estimate of drug-likeness (QED) is 0.194. The highest BCUT2D eigenvalue weighted by molar-refractivity contribution is 6.52. The fraction of sp³-hybridized carbons (Fsp3) is 0.684. The molecule has 0 radical (unpaired) electrons. The van der Waals surface area contributed by atoms with Crippen LogP contribution in [-0.2, 0) is 13.1 Å². The molecule has 0 spiro atoms. The van der Waals surface area contributed by atoms with E-state index in [9.17, 15) is 0 Å². The van der Waals surface area contributed by atoms with Gasteiger partial charge in [0.05, 0.1) is 60.4 Å². The highest BCUT2D eigenvalue weighted by Gasteiger charge is 2.37. The van der Waals surface area contributed by atoms with Crippen molar-refractivity contribution < 1.29 is 8.97 Å². The molecule has 1 aliphatic rings. The first-order valence-corrected chi connectivity index (χ1v) is 10.7. The normalized spacial score (nSPS) is 16.3. The molecule has 0 N–H and O–H groups in total. The molecule has 0 saturated heterocycles. The van der Waals surface area contributed by atoms with Crippen molar-refractivity contribution in [2.75, 3.05) is 40.3 Å². The highest BCUT2D eigenvalue weighted by Crippen LogP contribution is 2.46. The summed E-state index contributed by atoms with van der Waals surface area (Å²) in [6.07, 6.45) is 3.76. The second kappa shape index (κ2) is 8.54. The van der Waals surface area contributed by atoms with E-state index in [1.54, 1.807) is 0 Å². The van der Waals surface area contributed by atoms with Gasteiger partial charge >= 0.3 is 0 Å². The number of rotatable bonds is 8. The summed E-state index contributed by atoms with van der Waals surface area (Å²) in [5.41, 5.74) is 2.15. The molecule has 6 heteroatoms. The van der Waals surface area contributed by atoms with Crippen molar-refractivity contribution in [1.29, 1.82) is 0 Å². The molecule has 142 valence electrons. The second-order valence-corrected chi connectivity index (χ2v) is 9.42. The minimum absolute atomic E-state index is 0.386. The monoisotopic (exact) mass is 426 g/mol. The minimum atomic E-state index is 0.386. The molecule has 0 fully saturated rings. The Hall–Kier alpha value is 0.300. The van der Waals surface area contributed by atoms with E-state index in [4.69, 9.17) is 46.4 Å². The highest BCUT2D eigenvalue weighted by atomic mass is 35.5. The predicted molar refractivity (Wildman–Crippen MR) is 111 cm³/mol. The van der Waals surface area contributed by atoms with Gasteiger partial charge in [0.2, 0.25) is 0 Å². The number of unbranched alkanes of at least 4 members (excludes halogenated alkanes) is 2. The number of quaternary nitrogens is 2. The largest absolute Gasteiger partial charge is 0.327 e. The minimum Gasteiger partial charge on any atom is -0.327 e. The molecule has 0 saturated carbocycles. The molecule has 0 unspecified atom stereocenters. The van der Waals surface area contributed by atoms with Crippen LogP contribution < -0.4 is 0 Å². The van der Waals surface area contributed by atoms with Gasteiger partial charge in [-0.1, -0.05) is 46.4 Å². The summed E-state index contributed by atoms with van der Waals surface area (Å²) >= 11 is 25.3. The molecule has 0 atom stereocenters. The molecule has 2 nitrogen and oxygen atoms in total. The van der Waals surface area contributed by atoms with Crippen LogP contribution in [0.2, 0.25) is 20.1 Å². The lowest BCUT2D eigenvalue weighted by atomic mass is 10.1. The zero-order valence-corrected chi connectivity index (χ0v) is 18.8. The second-order valence-electron chi connectivity index (χ2n) is 7.91. The average molecular weight is 428 g/mol. The molecule has 1 heterocycles. The third-order valence-electron chi connectivity index (χ3n) is 5.97. The van der Waals surface area contributed by atoms with Crippen LogP contribution in [0.3, 0.4) is 0 Å². The van der Waals surface area contributed by atoms with E-state index in [1.165, 1.54) is 43.4 Å².